The Morgan fingerprint density at radius 2 is 1.22 bits per heavy atom. The predicted octanol–water partition coefficient (Wildman–Crippen LogP) is -2.87. The van der Waals surface area contributed by atoms with E-state index >= 15 is 0 Å². The molecule has 0 radical (unpaired) electrons. The molecule has 0 amide bonds. The van der Waals surface area contributed by atoms with Crippen molar-refractivity contribution in [2.24, 2.45) is 0 Å². The Labute approximate surface area is 75.1 Å². The van der Waals surface area contributed by atoms with Crippen LogP contribution < -0.4 is 6.15 Å². The Morgan fingerprint density at radius 3 is 1.22 bits per heavy atom. The van der Waals surface area contributed by atoms with Gasteiger partial charge >= 0.3 is 29.6 Å². The first-order valence-corrected chi connectivity index (χ1v) is 0.928. The van der Waals surface area contributed by atoms with Crippen molar-refractivity contribution in [3.05, 3.63) is 0 Å². The molecule has 6 nitrogen and oxygen atoms in total. The van der Waals surface area contributed by atoms with Crippen molar-refractivity contribution in [3.63, 3.8) is 0 Å². The molecule has 0 rings (SSSR count). The molecule has 0 fully saturated rings. The summed E-state index contributed by atoms with van der Waals surface area (Å²) >= 11 is 0. The van der Waals surface area contributed by atoms with Gasteiger partial charge in [-0.25, -0.2) is 0 Å². The van der Waals surface area contributed by atoms with Gasteiger partial charge in [-0.3, -0.25) is 4.79 Å². The summed E-state index contributed by atoms with van der Waals surface area (Å²) in [5, 5.41) is 7.42. The van der Waals surface area contributed by atoms with E-state index < -0.39 is 5.97 Å². The second-order valence-electron chi connectivity index (χ2n) is 0.519. The van der Waals surface area contributed by atoms with Crippen molar-refractivity contribution in [2.45, 2.75) is 6.92 Å². The van der Waals surface area contributed by atoms with Crippen LogP contribution in [0.15, 0.2) is 0 Å². The molecule has 0 aliphatic heterocycles. The van der Waals surface area contributed by atoms with Gasteiger partial charge in [-0.2, -0.15) is 0 Å². The van der Waals surface area contributed by atoms with Crippen LogP contribution in [-0.4, -0.2) is 57.1 Å². The van der Waals surface area contributed by atoms with E-state index in [2.05, 4.69) is 0 Å². The summed E-state index contributed by atoms with van der Waals surface area (Å²) in [6.45, 7) is 1.08. The third kappa shape index (κ3) is 3440. The van der Waals surface area contributed by atoms with Gasteiger partial charge in [-0.05, 0) is 0 Å². The second kappa shape index (κ2) is 40.5. The average molecular weight is 155 g/mol. The zero-order valence-corrected chi connectivity index (χ0v) is 4.56. The van der Waals surface area contributed by atoms with E-state index in [1.807, 2.05) is 0 Å². The summed E-state index contributed by atoms with van der Waals surface area (Å²) in [6.07, 6.45) is 0. The van der Waals surface area contributed by atoms with Crippen LogP contribution in [0.4, 0.5) is 0 Å². The number of rotatable bonds is 0. The van der Waals surface area contributed by atoms with Crippen molar-refractivity contribution >= 4 is 35.5 Å². The predicted molar refractivity (Wildman–Crippen MR) is 36.3 cm³/mol. The number of hydrogen-bond donors (Lipinski definition) is 2. The van der Waals surface area contributed by atoms with Gasteiger partial charge in [0.2, 0.25) is 0 Å². The molecule has 7 heteroatoms. The topological polar surface area (TPSA) is 167 Å². The summed E-state index contributed by atoms with van der Waals surface area (Å²) < 4.78 is 0. The molecule has 0 aromatic heterocycles. The fourth-order valence-electron chi connectivity index (χ4n) is 0. The zero-order valence-electron chi connectivity index (χ0n) is 4.56. The van der Waals surface area contributed by atoms with Crippen LogP contribution in [-0.2, 0) is 4.79 Å². The monoisotopic (exact) mass is 155 g/mol. The van der Waals surface area contributed by atoms with Gasteiger partial charge in [0, 0.05) is 6.92 Å². The molecule has 0 heterocycles. The van der Waals surface area contributed by atoms with Crippen molar-refractivity contribution in [1.29, 1.82) is 0 Å². The third-order valence-electron chi connectivity index (χ3n) is 0. The van der Waals surface area contributed by atoms with Crippen LogP contribution in [0, 0.1) is 0 Å². The average Bonchev–Trinajstić information content (AvgIpc) is 0.811. The van der Waals surface area contributed by atoms with E-state index in [1.54, 1.807) is 0 Å². The SMILES string of the molecule is CC(=O)O.N.O.O.O.[NaH]. The Balaban J connectivity index is -0.00000000450. The van der Waals surface area contributed by atoms with Crippen LogP contribution in [0.1, 0.15) is 6.92 Å². The first-order chi connectivity index (χ1) is 1.73. The maximum atomic E-state index is 9.00. The minimum atomic E-state index is -0.833. The molecule has 0 saturated heterocycles. The Morgan fingerprint density at radius 1 is 1.22 bits per heavy atom. The quantitative estimate of drug-likeness (QED) is 0.359. The first-order valence-electron chi connectivity index (χ1n) is 0.928. The number of carboxylic acids is 1. The molecule has 0 bridgehead atoms. The molecule has 0 aromatic rings. The Hall–Kier alpha value is 0.310. The molecule has 58 valence electrons. The zero-order chi connectivity index (χ0) is 3.58. The van der Waals surface area contributed by atoms with Crippen molar-refractivity contribution in [1.82, 2.24) is 6.15 Å². The molecule has 0 aromatic carbocycles. The maximum absolute atomic E-state index is 9.00. The van der Waals surface area contributed by atoms with Gasteiger partial charge < -0.3 is 27.7 Å². The van der Waals surface area contributed by atoms with Gasteiger partial charge in [0.25, 0.3) is 5.97 Å². The molecular formula is C2H14NNaO5. The number of hydrogen-bond acceptors (Lipinski definition) is 2. The molecular weight excluding hydrogens is 141 g/mol. The summed E-state index contributed by atoms with van der Waals surface area (Å²) in [4.78, 5) is 9.00. The molecule has 0 aliphatic rings. The van der Waals surface area contributed by atoms with Gasteiger partial charge in [0.1, 0.15) is 0 Å². The Kier molecular flexibility index (Phi) is 264. The van der Waals surface area contributed by atoms with Gasteiger partial charge in [-0.15, -0.1) is 0 Å². The summed E-state index contributed by atoms with van der Waals surface area (Å²) in [5.74, 6) is -0.833. The molecule has 0 saturated carbocycles. The van der Waals surface area contributed by atoms with E-state index in [4.69, 9.17) is 9.90 Å². The number of carboxylic acid groups (broad SMARTS) is 1. The first kappa shape index (κ1) is 58.7. The molecule has 0 spiro atoms. The van der Waals surface area contributed by atoms with Gasteiger partial charge in [0.15, 0.2) is 0 Å². The van der Waals surface area contributed by atoms with Crippen molar-refractivity contribution in [2.75, 3.05) is 0 Å². The van der Waals surface area contributed by atoms with Crippen molar-refractivity contribution < 1.29 is 26.3 Å². The molecule has 10 N–H and O–H groups in total. The fourth-order valence-corrected chi connectivity index (χ4v) is 0. The molecule has 0 atom stereocenters. The second-order valence-corrected chi connectivity index (χ2v) is 0.519. The number of carbonyl (C=O) groups is 1. The van der Waals surface area contributed by atoms with Crippen LogP contribution in [0.5, 0.6) is 0 Å². The number of aliphatic carboxylic acids is 1. The van der Waals surface area contributed by atoms with Gasteiger partial charge in [0.05, 0.1) is 0 Å². The third-order valence-corrected chi connectivity index (χ3v) is 0. The Bertz CT molecular complexity index is 37.9. The molecule has 9 heavy (non-hydrogen) atoms. The summed E-state index contributed by atoms with van der Waals surface area (Å²) in [5.41, 5.74) is 0. The molecule has 0 unspecified atom stereocenters. The van der Waals surface area contributed by atoms with E-state index in [0.29, 0.717) is 0 Å². The van der Waals surface area contributed by atoms with E-state index in [1.165, 1.54) is 0 Å². The van der Waals surface area contributed by atoms with Crippen LogP contribution >= 0.6 is 0 Å². The summed E-state index contributed by atoms with van der Waals surface area (Å²) in [6, 6.07) is 0. The molecule has 0 aliphatic carbocycles. The normalized spacial score (nSPS) is 2.78. The van der Waals surface area contributed by atoms with Crippen LogP contribution in [0.25, 0.3) is 0 Å². The summed E-state index contributed by atoms with van der Waals surface area (Å²) in [7, 11) is 0. The van der Waals surface area contributed by atoms with Crippen LogP contribution in [0.3, 0.4) is 0 Å². The minimum absolute atomic E-state index is 0. The van der Waals surface area contributed by atoms with Gasteiger partial charge in [-0.1, -0.05) is 0 Å². The van der Waals surface area contributed by atoms with Crippen molar-refractivity contribution in [3.8, 4) is 0 Å². The van der Waals surface area contributed by atoms with Crippen LogP contribution in [0.2, 0.25) is 0 Å². The fraction of sp³-hybridized carbons (Fsp3) is 0.500. The van der Waals surface area contributed by atoms with E-state index in [9.17, 15) is 0 Å². The van der Waals surface area contributed by atoms with E-state index in [-0.39, 0.29) is 52.1 Å². The standard InChI is InChI=1S/C2H4O2.H3N.Na.3H2O.H/c1-2(3)4;;;;;;/h1H3,(H,3,4);1H3;;3*1H2;. The van der Waals surface area contributed by atoms with E-state index in [0.717, 1.165) is 6.92 Å².